The van der Waals surface area contributed by atoms with Crippen LogP contribution in [-0.4, -0.2) is 30.6 Å². The molecule has 0 bridgehead atoms. The first-order valence-electron chi connectivity index (χ1n) is 9.37. The maximum absolute atomic E-state index is 12.7. The van der Waals surface area contributed by atoms with Gasteiger partial charge in [-0.25, -0.2) is 9.59 Å². The summed E-state index contributed by atoms with van der Waals surface area (Å²) in [5.74, 6) is -1.33. The molecule has 0 radical (unpaired) electrons. The number of carbonyl (C=O) groups is 3. The Labute approximate surface area is 171 Å². The number of rotatable bonds is 6. The lowest BCUT2D eigenvalue weighted by Gasteiger charge is -2.21. The van der Waals surface area contributed by atoms with Crippen LogP contribution in [0.4, 0.5) is 5.00 Å². The van der Waals surface area contributed by atoms with Crippen LogP contribution in [0.1, 0.15) is 74.3 Å². The largest absolute Gasteiger partial charge is 0.462 e. The zero-order valence-electron chi connectivity index (χ0n) is 15.9. The van der Waals surface area contributed by atoms with Crippen molar-refractivity contribution in [2.45, 2.75) is 52.1 Å². The van der Waals surface area contributed by atoms with E-state index in [4.69, 9.17) is 9.47 Å². The molecule has 28 heavy (non-hydrogen) atoms. The standard InChI is InChI=1S/C20H23NO5S2/c1-3-25-19(23)15-12(2)16(20(24)26-13-8-5-4-6-9-13)28-18(15)21-17(22)14-10-7-11-27-14/h7,10-11,13H,3-6,8-9H2,1-2H3,(H,21,22). The highest BCUT2D eigenvalue weighted by atomic mass is 32.1. The maximum Gasteiger partial charge on any atom is 0.348 e. The van der Waals surface area contributed by atoms with Crippen LogP contribution >= 0.6 is 22.7 Å². The fourth-order valence-electron chi connectivity index (χ4n) is 3.21. The van der Waals surface area contributed by atoms with E-state index in [1.165, 1.54) is 11.3 Å². The van der Waals surface area contributed by atoms with Gasteiger partial charge in [-0.05, 0) is 56.5 Å². The second-order valence-electron chi connectivity index (χ2n) is 6.58. The first kappa shape index (κ1) is 20.5. The van der Waals surface area contributed by atoms with Gasteiger partial charge in [-0.3, -0.25) is 4.79 Å². The zero-order chi connectivity index (χ0) is 20.1. The Morgan fingerprint density at radius 3 is 2.57 bits per heavy atom. The summed E-state index contributed by atoms with van der Waals surface area (Å²) in [5.41, 5.74) is 0.693. The van der Waals surface area contributed by atoms with Gasteiger partial charge in [0.25, 0.3) is 5.91 Å². The molecule has 2 heterocycles. The molecule has 2 aromatic heterocycles. The summed E-state index contributed by atoms with van der Waals surface area (Å²) < 4.78 is 10.8. The van der Waals surface area contributed by atoms with Crippen LogP contribution < -0.4 is 5.32 Å². The fourth-order valence-corrected chi connectivity index (χ4v) is 4.90. The van der Waals surface area contributed by atoms with E-state index in [2.05, 4.69) is 5.32 Å². The van der Waals surface area contributed by atoms with E-state index in [-0.39, 0.29) is 24.2 Å². The van der Waals surface area contributed by atoms with Crippen molar-refractivity contribution in [3.63, 3.8) is 0 Å². The summed E-state index contributed by atoms with van der Waals surface area (Å²) in [6, 6.07) is 3.47. The minimum Gasteiger partial charge on any atom is -0.462 e. The molecule has 8 heteroatoms. The Morgan fingerprint density at radius 1 is 1.18 bits per heavy atom. The minimum atomic E-state index is -0.561. The number of hydrogen-bond donors (Lipinski definition) is 1. The van der Waals surface area contributed by atoms with Crippen LogP contribution in [0.3, 0.4) is 0 Å². The Bertz CT molecular complexity index is 850. The van der Waals surface area contributed by atoms with Crippen molar-refractivity contribution in [1.82, 2.24) is 0 Å². The normalized spacial score (nSPS) is 14.5. The topological polar surface area (TPSA) is 81.7 Å². The molecule has 0 unspecified atom stereocenters. The third kappa shape index (κ3) is 4.62. The Kier molecular flexibility index (Phi) is 6.85. The third-order valence-electron chi connectivity index (χ3n) is 4.61. The molecule has 1 N–H and O–H groups in total. The van der Waals surface area contributed by atoms with E-state index in [1.807, 2.05) is 0 Å². The predicted molar refractivity (Wildman–Crippen MR) is 110 cm³/mol. The fraction of sp³-hybridized carbons (Fsp3) is 0.450. The van der Waals surface area contributed by atoms with E-state index in [0.717, 1.165) is 43.4 Å². The number of amides is 1. The molecule has 2 aromatic rings. The Balaban J connectivity index is 1.86. The SMILES string of the molecule is CCOC(=O)c1c(NC(=O)c2cccs2)sc(C(=O)OC2CCCCC2)c1C. The number of ether oxygens (including phenoxy) is 2. The van der Waals surface area contributed by atoms with Gasteiger partial charge >= 0.3 is 11.9 Å². The monoisotopic (exact) mass is 421 g/mol. The third-order valence-corrected chi connectivity index (χ3v) is 6.67. The van der Waals surface area contributed by atoms with Crippen molar-refractivity contribution in [1.29, 1.82) is 0 Å². The molecule has 6 nitrogen and oxygen atoms in total. The quantitative estimate of drug-likeness (QED) is 0.661. The van der Waals surface area contributed by atoms with Crippen molar-refractivity contribution in [3.8, 4) is 0 Å². The van der Waals surface area contributed by atoms with Crippen molar-refractivity contribution >= 4 is 45.5 Å². The van der Waals surface area contributed by atoms with Crippen LogP contribution in [0.15, 0.2) is 17.5 Å². The van der Waals surface area contributed by atoms with Gasteiger partial charge in [0.05, 0.1) is 17.0 Å². The van der Waals surface area contributed by atoms with Gasteiger partial charge in [0, 0.05) is 0 Å². The number of thiophene rings is 2. The van der Waals surface area contributed by atoms with Crippen molar-refractivity contribution < 1.29 is 23.9 Å². The number of nitrogens with one attached hydrogen (secondary N) is 1. The molecule has 1 saturated carbocycles. The molecular weight excluding hydrogens is 398 g/mol. The van der Waals surface area contributed by atoms with Gasteiger partial charge < -0.3 is 14.8 Å². The summed E-state index contributed by atoms with van der Waals surface area (Å²) in [7, 11) is 0. The summed E-state index contributed by atoms with van der Waals surface area (Å²) in [6.45, 7) is 3.59. The maximum atomic E-state index is 12.7. The summed E-state index contributed by atoms with van der Waals surface area (Å²) in [4.78, 5) is 38.5. The van der Waals surface area contributed by atoms with E-state index < -0.39 is 11.9 Å². The predicted octanol–water partition coefficient (Wildman–Crippen LogP) is 5.04. The van der Waals surface area contributed by atoms with Gasteiger partial charge in [0.2, 0.25) is 0 Å². The number of esters is 2. The van der Waals surface area contributed by atoms with Crippen molar-refractivity contribution in [3.05, 3.63) is 38.4 Å². The minimum absolute atomic E-state index is 0.0852. The lowest BCUT2D eigenvalue weighted by molar-refractivity contribution is 0.0216. The van der Waals surface area contributed by atoms with Gasteiger partial charge in [-0.15, -0.1) is 22.7 Å². The second kappa shape index (κ2) is 9.34. The molecule has 0 aromatic carbocycles. The molecule has 0 saturated heterocycles. The van der Waals surface area contributed by atoms with Gasteiger partial charge in [-0.1, -0.05) is 12.5 Å². The lowest BCUT2D eigenvalue weighted by Crippen LogP contribution is -2.21. The van der Waals surface area contributed by atoms with Crippen molar-refractivity contribution in [2.24, 2.45) is 0 Å². The number of carbonyl (C=O) groups excluding carboxylic acids is 3. The van der Waals surface area contributed by atoms with Crippen molar-refractivity contribution in [2.75, 3.05) is 11.9 Å². The molecule has 3 rings (SSSR count). The average molecular weight is 422 g/mol. The first-order chi connectivity index (χ1) is 13.5. The molecule has 150 valence electrons. The van der Waals surface area contributed by atoms with Crippen LogP contribution in [0.25, 0.3) is 0 Å². The molecule has 0 spiro atoms. The molecule has 0 aliphatic heterocycles. The van der Waals surface area contributed by atoms with E-state index in [0.29, 0.717) is 20.3 Å². The van der Waals surface area contributed by atoms with Gasteiger partial charge in [0.1, 0.15) is 16.0 Å². The molecule has 1 fully saturated rings. The van der Waals surface area contributed by atoms with E-state index in [1.54, 1.807) is 31.4 Å². The van der Waals surface area contributed by atoms with Gasteiger partial charge in [0.15, 0.2) is 0 Å². The van der Waals surface area contributed by atoms with E-state index >= 15 is 0 Å². The van der Waals surface area contributed by atoms with Crippen LogP contribution in [0.2, 0.25) is 0 Å². The summed E-state index contributed by atoms with van der Waals surface area (Å²) in [6.07, 6.45) is 4.91. The summed E-state index contributed by atoms with van der Waals surface area (Å²) >= 11 is 2.36. The summed E-state index contributed by atoms with van der Waals surface area (Å²) in [5, 5.41) is 4.86. The first-order valence-corrected chi connectivity index (χ1v) is 11.1. The second-order valence-corrected chi connectivity index (χ2v) is 8.55. The van der Waals surface area contributed by atoms with Crippen LogP contribution in [0, 0.1) is 6.92 Å². The Morgan fingerprint density at radius 2 is 1.93 bits per heavy atom. The molecule has 0 atom stereocenters. The van der Waals surface area contributed by atoms with Gasteiger partial charge in [-0.2, -0.15) is 0 Å². The molecule has 1 aliphatic rings. The lowest BCUT2D eigenvalue weighted by atomic mass is 9.98. The highest BCUT2D eigenvalue weighted by molar-refractivity contribution is 7.19. The Hall–Kier alpha value is -2.19. The van der Waals surface area contributed by atoms with E-state index in [9.17, 15) is 14.4 Å². The van der Waals surface area contributed by atoms with Crippen LogP contribution in [0.5, 0.6) is 0 Å². The number of hydrogen-bond acceptors (Lipinski definition) is 7. The highest BCUT2D eigenvalue weighted by Crippen LogP contribution is 2.35. The smallest absolute Gasteiger partial charge is 0.348 e. The zero-order valence-corrected chi connectivity index (χ0v) is 17.5. The molecule has 1 aliphatic carbocycles. The van der Waals surface area contributed by atoms with Crippen LogP contribution in [-0.2, 0) is 9.47 Å². The molecule has 1 amide bonds. The number of anilines is 1. The highest BCUT2D eigenvalue weighted by Gasteiger charge is 2.29. The average Bonchev–Trinajstić information content (AvgIpc) is 3.31. The molecular formula is C20H23NO5S2.